The van der Waals surface area contributed by atoms with E-state index < -0.39 is 11.6 Å². The van der Waals surface area contributed by atoms with E-state index >= 15 is 0 Å². The summed E-state index contributed by atoms with van der Waals surface area (Å²) in [5.74, 6) is -0.380. The molecule has 0 aliphatic rings. The van der Waals surface area contributed by atoms with E-state index in [9.17, 15) is 8.78 Å². The van der Waals surface area contributed by atoms with E-state index in [1.165, 1.54) is 0 Å². The number of aromatic nitrogens is 1. The Balaban J connectivity index is 2.86. The summed E-state index contributed by atoms with van der Waals surface area (Å²) in [4.78, 5) is 4.19. The van der Waals surface area contributed by atoms with Crippen LogP contribution in [0.1, 0.15) is 26.3 Å². The van der Waals surface area contributed by atoms with Crippen molar-refractivity contribution in [1.29, 1.82) is 0 Å². The summed E-state index contributed by atoms with van der Waals surface area (Å²) >= 11 is 0. The average molecular weight is 250 g/mol. The Morgan fingerprint density at radius 2 is 1.72 bits per heavy atom. The molecule has 0 unspecified atom stereocenters. The number of anilines is 1. The highest BCUT2D eigenvalue weighted by molar-refractivity contribution is 5.83. The molecule has 2 rings (SSSR count). The minimum atomic E-state index is -0.511. The van der Waals surface area contributed by atoms with Crippen molar-refractivity contribution in [3.63, 3.8) is 0 Å². The van der Waals surface area contributed by atoms with Crippen molar-refractivity contribution in [3.8, 4) is 0 Å². The smallest absolute Gasteiger partial charge is 0.149 e. The number of hydrogen-bond acceptors (Lipinski definition) is 2. The van der Waals surface area contributed by atoms with Gasteiger partial charge in [0.25, 0.3) is 0 Å². The van der Waals surface area contributed by atoms with Gasteiger partial charge in [-0.25, -0.2) is 13.8 Å². The van der Waals surface area contributed by atoms with Crippen LogP contribution < -0.4 is 5.32 Å². The Morgan fingerprint density at radius 1 is 1.11 bits per heavy atom. The number of benzene rings is 1. The Hall–Kier alpha value is -1.71. The Bertz CT molecular complexity index is 601. The molecule has 0 bridgehead atoms. The van der Waals surface area contributed by atoms with Gasteiger partial charge >= 0.3 is 0 Å². The van der Waals surface area contributed by atoms with E-state index in [2.05, 4.69) is 10.3 Å². The van der Waals surface area contributed by atoms with Crippen LogP contribution in [0.3, 0.4) is 0 Å². The lowest BCUT2D eigenvalue weighted by molar-refractivity contribution is 0.587. The second-order valence-electron chi connectivity index (χ2n) is 5.31. The molecule has 2 nitrogen and oxygen atoms in total. The number of hydrogen-bond donors (Lipinski definition) is 1. The molecule has 96 valence electrons. The molecule has 18 heavy (non-hydrogen) atoms. The van der Waals surface area contributed by atoms with Crippen LogP contribution in [0.25, 0.3) is 10.9 Å². The van der Waals surface area contributed by atoms with E-state index in [1.807, 2.05) is 20.8 Å². The molecule has 0 saturated heterocycles. The highest BCUT2D eigenvalue weighted by atomic mass is 19.1. The van der Waals surface area contributed by atoms with Crippen molar-refractivity contribution >= 4 is 16.7 Å². The number of nitrogens with one attached hydrogen (secondary N) is 1. The van der Waals surface area contributed by atoms with Crippen LogP contribution in [0, 0.1) is 11.6 Å². The molecule has 1 aromatic carbocycles. The standard InChI is InChI=1S/C14H16F2N2/c1-14(2,3)9-7-8-10(15)5-6-11(16)12(8)18-13(9)17-4/h5-7H,1-4H3,(H,17,18). The fourth-order valence-electron chi connectivity index (χ4n) is 1.95. The van der Waals surface area contributed by atoms with Gasteiger partial charge < -0.3 is 5.32 Å². The zero-order valence-corrected chi connectivity index (χ0v) is 10.9. The first kappa shape index (κ1) is 12.7. The molecule has 0 fully saturated rings. The second-order valence-corrected chi connectivity index (χ2v) is 5.31. The monoisotopic (exact) mass is 250 g/mol. The molecule has 0 aliphatic heterocycles. The summed E-state index contributed by atoms with van der Waals surface area (Å²) in [7, 11) is 1.72. The van der Waals surface area contributed by atoms with Gasteiger partial charge in [-0.2, -0.15) is 0 Å². The van der Waals surface area contributed by atoms with Gasteiger partial charge in [-0.15, -0.1) is 0 Å². The lowest BCUT2D eigenvalue weighted by Gasteiger charge is -2.22. The van der Waals surface area contributed by atoms with Crippen LogP contribution in [-0.4, -0.2) is 12.0 Å². The minimum Gasteiger partial charge on any atom is -0.373 e. The third kappa shape index (κ3) is 2.03. The van der Waals surface area contributed by atoms with E-state index in [4.69, 9.17) is 0 Å². The fourth-order valence-corrected chi connectivity index (χ4v) is 1.95. The lowest BCUT2D eigenvalue weighted by atomic mass is 9.86. The zero-order chi connectivity index (χ0) is 13.5. The first-order valence-electron chi connectivity index (χ1n) is 5.81. The van der Waals surface area contributed by atoms with Crippen molar-refractivity contribution in [3.05, 3.63) is 35.4 Å². The molecule has 1 heterocycles. The predicted octanol–water partition coefficient (Wildman–Crippen LogP) is 3.85. The summed E-state index contributed by atoms with van der Waals surface area (Å²) in [5, 5.41) is 3.16. The summed E-state index contributed by atoms with van der Waals surface area (Å²) < 4.78 is 27.4. The summed E-state index contributed by atoms with van der Waals surface area (Å²) in [6, 6.07) is 3.90. The molecule has 0 radical (unpaired) electrons. The number of nitrogens with zero attached hydrogens (tertiary/aromatic N) is 1. The Labute approximate surface area is 105 Å². The Morgan fingerprint density at radius 3 is 2.28 bits per heavy atom. The zero-order valence-electron chi connectivity index (χ0n) is 10.9. The second kappa shape index (κ2) is 4.19. The molecular weight excluding hydrogens is 234 g/mol. The number of pyridine rings is 1. The fraction of sp³-hybridized carbons (Fsp3) is 0.357. The normalized spacial score (nSPS) is 11.9. The van der Waals surface area contributed by atoms with E-state index in [0.29, 0.717) is 5.82 Å². The first-order chi connectivity index (χ1) is 8.34. The molecule has 0 spiro atoms. The molecule has 0 amide bonds. The van der Waals surface area contributed by atoms with Crippen LogP contribution in [0.4, 0.5) is 14.6 Å². The molecule has 0 aliphatic carbocycles. The van der Waals surface area contributed by atoms with Crippen LogP contribution in [-0.2, 0) is 5.41 Å². The van der Waals surface area contributed by atoms with Crippen molar-refractivity contribution in [1.82, 2.24) is 4.98 Å². The largest absolute Gasteiger partial charge is 0.373 e. The van der Waals surface area contributed by atoms with E-state index in [0.717, 1.165) is 17.7 Å². The maximum absolute atomic E-state index is 13.7. The third-order valence-corrected chi connectivity index (χ3v) is 2.93. The molecule has 4 heteroatoms. The first-order valence-corrected chi connectivity index (χ1v) is 5.81. The molecular formula is C14H16F2N2. The van der Waals surface area contributed by atoms with Crippen molar-refractivity contribution in [2.24, 2.45) is 0 Å². The Kier molecular flexibility index (Phi) is 2.97. The van der Waals surface area contributed by atoms with Gasteiger partial charge in [0.2, 0.25) is 0 Å². The maximum atomic E-state index is 13.7. The quantitative estimate of drug-likeness (QED) is 0.831. The highest BCUT2D eigenvalue weighted by Gasteiger charge is 2.21. The maximum Gasteiger partial charge on any atom is 0.149 e. The lowest BCUT2D eigenvalue weighted by Crippen LogP contribution is -2.15. The molecule has 2 aromatic rings. The molecule has 0 atom stereocenters. The van der Waals surface area contributed by atoms with Crippen LogP contribution in [0.2, 0.25) is 0 Å². The van der Waals surface area contributed by atoms with Crippen LogP contribution in [0.5, 0.6) is 0 Å². The van der Waals surface area contributed by atoms with E-state index in [1.54, 1.807) is 13.1 Å². The number of fused-ring (bicyclic) bond motifs is 1. The van der Waals surface area contributed by atoms with Crippen molar-refractivity contribution in [2.75, 3.05) is 12.4 Å². The SMILES string of the molecule is CNc1nc2c(F)ccc(F)c2cc1C(C)(C)C. The van der Waals surface area contributed by atoms with Gasteiger partial charge in [-0.1, -0.05) is 20.8 Å². The number of halogens is 2. The molecule has 1 N–H and O–H groups in total. The summed E-state index contributed by atoms with van der Waals surface area (Å²) in [5.41, 5.74) is 0.729. The van der Waals surface area contributed by atoms with Gasteiger partial charge in [0.1, 0.15) is 23.0 Å². The molecule has 1 aromatic heterocycles. The van der Waals surface area contributed by atoms with Crippen LogP contribution in [0.15, 0.2) is 18.2 Å². The van der Waals surface area contributed by atoms with Gasteiger partial charge in [-0.3, -0.25) is 0 Å². The molecule has 0 saturated carbocycles. The van der Waals surface area contributed by atoms with Crippen LogP contribution >= 0.6 is 0 Å². The average Bonchev–Trinajstić information content (AvgIpc) is 2.31. The van der Waals surface area contributed by atoms with Gasteiger partial charge in [0.15, 0.2) is 0 Å². The van der Waals surface area contributed by atoms with Crippen molar-refractivity contribution in [2.45, 2.75) is 26.2 Å². The van der Waals surface area contributed by atoms with Gasteiger partial charge in [-0.05, 0) is 23.6 Å². The minimum absolute atomic E-state index is 0.0624. The predicted molar refractivity (Wildman–Crippen MR) is 69.9 cm³/mol. The van der Waals surface area contributed by atoms with Gasteiger partial charge in [0.05, 0.1) is 0 Å². The van der Waals surface area contributed by atoms with E-state index in [-0.39, 0.29) is 16.3 Å². The van der Waals surface area contributed by atoms with Gasteiger partial charge in [0, 0.05) is 18.0 Å². The summed E-state index contributed by atoms with van der Waals surface area (Å²) in [6.45, 7) is 6.02. The number of rotatable bonds is 1. The highest BCUT2D eigenvalue weighted by Crippen LogP contribution is 2.32. The summed E-state index contributed by atoms with van der Waals surface area (Å²) in [6.07, 6.45) is 0. The topological polar surface area (TPSA) is 24.9 Å². The van der Waals surface area contributed by atoms with Crippen molar-refractivity contribution < 1.29 is 8.78 Å². The third-order valence-electron chi connectivity index (χ3n) is 2.93.